The molecule has 3 aromatic heterocycles. The third-order valence-electron chi connectivity index (χ3n) is 4.54. The maximum absolute atomic E-state index is 12.4. The number of nitrogens with zero attached hydrogens (tertiary/aromatic N) is 3. The van der Waals surface area contributed by atoms with Gasteiger partial charge in [-0.05, 0) is 23.8 Å². The fourth-order valence-corrected chi connectivity index (χ4v) is 4.10. The summed E-state index contributed by atoms with van der Waals surface area (Å²) in [4.78, 5) is 23.4. The van der Waals surface area contributed by atoms with Crippen molar-refractivity contribution in [3.8, 4) is 11.1 Å². The Hall–Kier alpha value is -3.46. The van der Waals surface area contributed by atoms with Crippen LogP contribution in [0.15, 0.2) is 60.2 Å². The predicted octanol–water partition coefficient (Wildman–Crippen LogP) is 2.61. The summed E-state index contributed by atoms with van der Waals surface area (Å²) in [6, 6.07) is 7.27. The van der Waals surface area contributed by atoms with Crippen LogP contribution in [0.3, 0.4) is 0 Å². The van der Waals surface area contributed by atoms with E-state index in [9.17, 15) is 13.2 Å². The lowest BCUT2D eigenvalue weighted by atomic mass is 9.99. The number of sulfone groups is 1. The van der Waals surface area contributed by atoms with Crippen LogP contribution in [0.1, 0.15) is 5.56 Å². The summed E-state index contributed by atoms with van der Waals surface area (Å²) >= 11 is 0. The lowest BCUT2D eigenvalue weighted by Crippen LogP contribution is -2.16. The second-order valence-corrected chi connectivity index (χ2v) is 9.07. The summed E-state index contributed by atoms with van der Waals surface area (Å²) in [6.45, 7) is 0. The molecule has 148 valence electrons. The monoisotopic (exact) mass is 409 g/mol. The molecule has 4 rings (SSSR count). The van der Waals surface area contributed by atoms with Crippen LogP contribution in [0, 0.1) is 0 Å². The molecule has 0 aliphatic carbocycles. The molecule has 0 saturated heterocycles. The van der Waals surface area contributed by atoms with Gasteiger partial charge in [0.25, 0.3) is 5.56 Å². The highest BCUT2D eigenvalue weighted by molar-refractivity contribution is 7.89. The van der Waals surface area contributed by atoms with E-state index in [0.29, 0.717) is 16.8 Å². The number of aromatic amines is 1. The fourth-order valence-electron chi connectivity index (χ4n) is 3.32. The highest BCUT2D eigenvalue weighted by atomic mass is 32.2. The van der Waals surface area contributed by atoms with E-state index in [1.54, 1.807) is 37.9 Å². The quantitative estimate of drug-likeness (QED) is 0.524. The van der Waals surface area contributed by atoms with Crippen LogP contribution >= 0.6 is 0 Å². The van der Waals surface area contributed by atoms with Crippen molar-refractivity contribution < 1.29 is 8.42 Å². The van der Waals surface area contributed by atoms with Crippen molar-refractivity contribution in [2.45, 2.75) is 5.75 Å². The summed E-state index contributed by atoms with van der Waals surface area (Å²) in [5.41, 5.74) is 4.04. The molecule has 1 aromatic carbocycles. The first-order valence-corrected chi connectivity index (χ1v) is 10.9. The number of hydrogen-bond donors (Lipinski definition) is 2. The number of fused-ring (bicyclic) bond motifs is 1. The minimum atomic E-state index is -3.20. The Bertz CT molecular complexity index is 1360. The normalized spacial score (nSPS) is 11.7. The van der Waals surface area contributed by atoms with Gasteiger partial charge in [0.05, 0.1) is 23.8 Å². The number of nitrogens with one attached hydrogen (secondary N) is 2. The molecular formula is C20H19N5O3S. The first-order valence-electron chi connectivity index (χ1n) is 8.81. The molecule has 9 heteroatoms. The van der Waals surface area contributed by atoms with Gasteiger partial charge in [-0.2, -0.15) is 0 Å². The Labute approximate surface area is 167 Å². The Morgan fingerprint density at radius 3 is 2.62 bits per heavy atom. The van der Waals surface area contributed by atoms with E-state index in [1.807, 2.05) is 18.2 Å². The SMILES string of the molecule is Cn1cc(-c2cc(CS(C)(=O)=O)ccc2Nc2cncnc2)c2cc[nH]c2c1=O. The van der Waals surface area contributed by atoms with Crippen molar-refractivity contribution in [2.24, 2.45) is 7.05 Å². The Balaban J connectivity index is 1.94. The van der Waals surface area contributed by atoms with Gasteiger partial charge < -0.3 is 14.9 Å². The van der Waals surface area contributed by atoms with E-state index in [2.05, 4.69) is 20.3 Å². The molecule has 0 fully saturated rings. The Morgan fingerprint density at radius 1 is 1.14 bits per heavy atom. The van der Waals surface area contributed by atoms with E-state index in [-0.39, 0.29) is 11.3 Å². The molecule has 2 N–H and O–H groups in total. The van der Waals surface area contributed by atoms with Gasteiger partial charge in [0.1, 0.15) is 11.8 Å². The zero-order chi connectivity index (χ0) is 20.6. The standard InChI is InChI=1S/C20H19N5O3S/c1-25-10-17(15-5-6-23-19(15)20(25)26)16-7-13(11-29(2,27)28)3-4-18(16)24-14-8-21-12-22-9-14/h3-10,12,23-24H,11H2,1-2H3. The molecule has 0 aliphatic heterocycles. The molecule has 4 aromatic rings. The lowest BCUT2D eigenvalue weighted by molar-refractivity contribution is 0.601. The molecule has 0 amide bonds. The topological polar surface area (TPSA) is 110 Å². The zero-order valence-electron chi connectivity index (χ0n) is 15.9. The van der Waals surface area contributed by atoms with Gasteiger partial charge in [0.15, 0.2) is 9.84 Å². The van der Waals surface area contributed by atoms with Crippen LogP contribution in [0.25, 0.3) is 22.0 Å². The van der Waals surface area contributed by atoms with Crippen molar-refractivity contribution in [1.29, 1.82) is 0 Å². The molecule has 0 unspecified atom stereocenters. The second kappa shape index (κ2) is 7.17. The second-order valence-electron chi connectivity index (χ2n) is 6.93. The third kappa shape index (κ3) is 3.90. The van der Waals surface area contributed by atoms with E-state index < -0.39 is 9.84 Å². The highest BCUT2D eigenvalue weighted by Gasteiger charge is 2.15. The van der Waals surface area contributed by atoms with Crippen LogP contribution in [-0.4, -0.2) is 34.2 Å². The number of aryl methyl sites for hydroxylation is 1. The average molecular weight is 409 g/mol. The van der Waals surface area contributed by atoms with E-state index in [0.717, 1.165) is 22.2 Å². The van der Waals surface area contributed by atoms with Crippen LogP contribution in [-0.2, 0) is 22.6 Å². The maximum Gasteiger partial charge on any atom is 0.274 e. The molecule has 0 radical (unpaired) electrons. The first kappa shape index (κ1) is 18.9. The summed E-state index contributed by atoms with van der Waals surface area (Å²) in [5.74, 6) is -0.0726. The number of hydrogen-bond acceptors (Lipinski definition) is 6. The number of aromatic nitrogens is 4. The van der Waals surface area contributed by atoms with Gasteiger partial charge in [-0.25, -0.2) is 18.4 Å². The number of pyridine rings is 1. The molecule has 0 aliphatic rings. The molecule has 0 saturated carbocycles. The molecule has 3 heterocycles. The smallest absolute Gasteiger partial charge is 0.274 e. The van der Waals surface area contributed by atoms with Crippen molar-refractivity contribution >= 4 is 32.1 Å². The number of benzene rings is 1. The van der Waals surface area contributed by atoms with Gasteiger partial charge in [0.2, 0.25) is 0 Å². The number of anilines is 2. The Kier molecular flexibility index (Phi) is 4.67. The zero-order valence-corrected chi connectivity index (χ0v) is 16.7. The third-order valence-corrected chi connectivity index (χ3v) is 5.39. The lowest BCUT2D eigenvalue weighted by Gasteiger charge is -2.15. The van der Waals surface area contributed by atoms with Gasteiger partial charge in [0, 0.05) is 47.9 Å². The van der Waals surface area contributed by atoms with Gasteiger partial charge in [-0.15, -0.1) is 0 Å². The van der Waals surface area contributed by atoms with Crippen LogP contribution in [0.2, 0.25) is 0 Å². The average Bonchev–Trinajstić information content (AvgIpc) is 3.16. The summed E-state index contributed by atoms with van der Waals surface area (Å²) < 4.78 is 25.1. The first-order chi connectivity index (χ1) is 13.8. The van der Waals surface area contributed by atoms with Crippen LogP contribution in [0.5, 0.6) is 0 Å². The van der Waals surface area contributed by atoms with Crippen molar-refractivity contribution in [1.82, 2.24) is 19.5 Å². The highest BCUT2D eigenvalue weighted by Crippen LogP contribution is 2.35. The largest absolute Gasteiger partial charge is 0.357 e. The van der Waals surface area contributed by atoms with Gasteiger partial charge in [-0.1, -0.05) is 6.07 Å². The predicted molar refractivity (Wildman–Crippen MR) is 113 cm³/mol. The number of rotatable bonds is 5. The summed E-state index contributed by atoms with van der Waals surface area (Å²) in [5, 5.41) is 4.04. The Morgan fingerprint density at radius 2 is 1.90 bits per heavy atom. The van der Waals surface area contributed by atoms with Gasteiger partial charge >= 0.3 is 0 Å². The molecule has 8 nitrogen and oxygen atoms in total. The van der Waals surface area contributed by atoms with Crippen LogP contribution in [0.4, 0.5) is 11.4 Å². The van der Waals surface area contributed by atoms with Crippen molar-refractivity contribution in [3.05, 3.63) is 71.3 Å². The van der Waals surface area contributed by atoms with E-state index in [4.69, 9.17) is 0 Å². The summed E-state index contributed by atoms with van der Waals surface area (Å²) in [6.07, 6.45) is 9.41. The number of H-pyrrole nitrogens is 1. The molecule has 0 bridgehead atoms. The van der Waals surface area contributed by atoms with E-state index >= 15 is 0 Å². The molecule has 29 heavy (non-hydrogen) atoms. The van der Waals surface area contributed by atoms with E-state index in [1.165, 1.54) is 17.2 Å². The summed E-state index contributed by atoms with van der Waals surface area (Å²) in [7, 11) is -1.51. The van der Waals surface area contributed by atoms with Crippen LogP contribution < -0.4 is 10.9 Å². The van der Waals surface area contributed by atoms with Crippen molar-refractivity contribution in [2.75, 3.05) is 11.6 Å². The van der Waals surface area contributed by atoms with Crippen molar-refractivity contribution in [3.63, 3.8) is 0 Å². The minimum absolute atomic E-state index is 0.0726. The fraction of sp³-hybridized carbons (Fsp3) is 0.150. The maximum atomic E-state index is 12.4. The van der Waals surface area contributed by atoms with Gasteiger partial charge in [-0.3, -0.25) is 4.79 Å². The molecule has 0 spiro atoms. The minimum Gasteiger partial charge on any atom is -0.357 e. The molecule has 0 atom stereocenters. The molecular weight excluding hydrogens is 390 g/mol.